The average Bonchev–Trinajstić information content (AvgIpc) is 1.96. The van der Waals surface area contributed by atoms with E-state index < -0.39 is 8.32 Å². The molecule has 0 saturated carbocycles. The van der Waals surface area contributed by atoms with Crippen LogP contribution >= 0.6 is 0 Å². The van der Waals surface area contributed by atoms with Crippen LogP contribution in [-0.4, -0.2) is 25.6 Å². The first-order chi connectivity index (χ1) is 6.52. The lowest BCUT2D eigenvalue weighted by Crippen LogP contribution is -2.47. The van der Waals surface area contributed by atoms with Crippen molar-refractivity contribution in [2.75, 3.05) is 6.61 Å². The molecule has 0 rings (SSSR count). The summed E-state index contributed by atoms with van der Waals surface area (Å²) in [6.45, 7) is 15.8. The smallest absolute Gasteiger partial charge is 0.192 e. The molecule has 3 heteroatoms. The molecule has 0 unspecified atom stereocenters. The predicted molar refractivity (Wildman–Crippen MR) is 68.7 cm³/mol. The lowest BCUT2D eigenvalue weighted by atomic mass is 10.0. The molecule has 92 valence electrons. The van der Waals surface area contributed by atoms with Crippen molar-refractivity contribution in [3.8, 4) is 0 Å². The van der Waals surface area contributed by atoms with Gasteiger partial charge in [0, 0.05) is 6.61 Å². The minimum atomic E-state index is -1.67. The summed E-state index contributed by atoms with van der Waals surface area (Å²) in [4.78, 5) is 0. The Morgan fingerprint density at radius 3 is 1.87 bits per heavy atom. The van der Waals surface area contributed by atoms with E-state index in [9.17, 15) is 0 Å². The molecule has 0 aliphatic carbocycles. The summed E-state index contributed by atoms with van der Waals surface area (Å²) in [5.74, 6) is 0. The monoisotopic (exact) mass is 232 g/mol. The average molecular weight is 232 g/mol. The summed E-state index contributed by atoms with van der Waals surface area (Å²) in [6.07, 6.45) is 1.75. The van der Waals surface area contributed by atoms with Crippen LogP contribution < -0.4 is 0 Å². The second kappa shape index (κ2) is 4.98. The summed E-state index contributed by atoms with van der Waals surface area (Å²) in [5.41, 5.74) is -0.105. The normalized spacial score (nSPS) is 14.4. The zero-order valence-electron chi connectivity index (χ0n) is 11.5. The Balaban J connectivity index is 4.43. The number of aliphatic hydroxyl groups is 1. The van der Waals surface area contributed by atoms with Crippen LogP contribution in [0, 0.1) is 0 Å². The maximum atomic E-state index is 8.84. The fourth-order valence-corrected chi connectivity index (χ4v) is 3.19. The van der Waals surface area contributed by atoms with Gasteiger partial charge in [-0.1, -0.05) is 20.8 Å². The molecule has 0 bridgehead atoms. The zero-order chi connectivity index (χ0) is 12.3. The van der Waals surface area contributed by atoms with Crippen LogP contribution in [-0.2, 0) is 4.43 Å². The van der Waals surface area contributed by atoms with Crippen molar-refractivity contribution in [2.24, 2.45) is 0 Å². The van der Waals surface area contributed by atoms with Gasteiger partial charge in [0.2, 0.25) is 0 Å². The van der Waals surface area contributed by atoms with Crippen LogP contribution in [0.3, 0.4) is 0 Å². The summed E-state index contributed by atoms with van der Waals surface area (Å²) in [5, 5.41) is 9.10. The Labute approximate surface area is 96.2 Å². The highest BCUT2D eigenvalue weighted by Crippen LogP contribution is 2.39. The third-order valence-electron chi connectivity index (χ3n) is 3.27. The number of hydrogen-bond acceptors (Lipinski definition) is 2. The van der Waals surface area contributed by atoms with Crippen LogP contribution in [0.2, 0.25) is 18.1 Å². The van der Waals surface area contributed by atoms with Gasteiger partial charge in [-0.2, -0.15) is 0 Å². The minimum absolute atomic E-state index is 0.105. The topological polar surface area (TPSA) is 29.5 Å². The summed E-state index contributed by atoms with van der Waals surface area (Å²) < 4.78 is 6.32. The van der Waals surface area contributed by atoms with Crippen molar-refractivity contribution in [1.82, 2.24) is 0 Å². The maximum absolute atomic E-state index is 8.84. The molecule has 15 heavy (non-hydrogen) atoms. The van der Waals surface area contributed by atoms with Gasteiger partial charge >= 0.3 is 0 Å². The first-order valence-corrected chi connectivity index (χ1v) is 8.74. The highest BCUT2D eigenvalue weighted by atomic mass is 28.4. The van der Waals surface area contributed by atoms with E-state index in [1.165, 1.54) is 0 Å². The highest BCUT2D eigenvalue weighted by Gasteiger charge is 2.41. The lowest BCUT2D eigenvalue weighted by molar-refractivity contribution is 0.0738. The largest absolute Gasteiger partial charge is 0.412 e. The van der Waals surface area contributed by atoms with E-state index in [4.69, 9.17) is 9.53 Å². The molecule has 0 heterocycles. The van der Waals surface area contributed by atoms with Gasteiger partial charge in [-0.15, -0.1) is 0 Å². The van der Waals surface area contributed by atoms with Crippen molar-refractivity contribution in [3.05, 3.63) is 0 Å². The second-order valence-corrected chi connectivity index (χ2v) is 11.2. The molecule has 0 aromatic heterocycles. The molecule has 0 aromatic rings. The fraction of sp³-hybridized carbons (Fsp3) is 1.00. The van der Waals surface area contributed by atoms with E-state index in [2.05, 4.69) is 47.7 Å². The third kappa shape index (κ3) is 5.14. The maximum Gasteiger partial charge on any atom is 0.192 e. The van der Waals surface area contributed by atoms with Crippen LogP contribution in [0.15, 0.2) is 0 Å². The molecule has 0 fully saturated rings. The minimum Gasteiger partial charge on any atom is -0.412 e. The molecule has 0 aromatic carbocycles. The second-order valence-electron chi connectivity index (χ2n) is 6.45. The Kier molecular flexibility index (Phi) is 5.02. The molecule has 0 spiro atoms. The number of aliphatic hydroxyl groups excluding tert-OH is 1. The van der Waals surface area contributed by atoms with Gasteiger partial charge < -0.3 is 9.53 Å². The molecule has 0 aliphatic rings. The Bertz CT molecular complexity index is 192. The quantitative estimate of drug-likeness (QED) is 0.734. The predicted octanol–water partition coefficient (Wildman–Crippen LogP) is 3.56. The van der Waals surface area contributed by atoms with E-state index >= 15 is 0 Å². The Morgan fingerprint density at radius 2 is 1.53 bits per heavy atom. The zero-order valence-corrected chi connectivity index (χ0v) is 12.5. The lowest BCUT2D eigenvalue weighted by Gasteiger charge is -2.42. The molecule has 0 amide bonds. The van der Waals surface area contributed by atoms with Crippen LogP contribution in [0.5, 0.6) is 0 Å². The van der Waals surface area contributed by atoms with Gasteiger partial charge in [0.25, 0.3) is 0 Å². The molecule has 0 radical (unpaired) electrons. The molecular formula is C12H28O2Si. The van der Waals surface area contributed by atoms with Crippen LogP contribution in [0.4, 0.5) is 0 Å². The van der Waals surface area contributed by atoms with E-state index in [0.29, 0.717) is 0 Å². The Morgan fingerprint density at radius 1 is 1.07 bits per heavy atom. The fourth-order valence-electron chi connectivity index (χ4n) is 1.40. The van der Waals surface area contributed by atoms with Gasteiger partial charge in [0.15, 0.2) is 8.32 Å². The first kappa shape index (κ1) is 15.1. The van der Waals surface area contributed by atoms with Crippen molar-refractivity contribution in [2.45, 2.75) is 71.2 Å². The van der Waals surface area contributed by atoms with Crippen LogP contribution in [0.25, 0.3) is 0 Å². The van der Waals surface area contributed by atoms with E-state index in [1.54, 1.807) is 0 Å². The number of hydrogen-bond donors (Lipinski definition) is 1. The number of rotatable bonds is 5. The van der Waals surface area contributed by atoms with Gasteiger partial charge in [0.1, 0.15) is 0 Å². The highest BCUT2D eigenvalue weighted by molar-refractivity contribution is 6.74. The van der Waals surface area contributed by atoms with Gasteiger partial charge in [0.05, 0.1) is 5.60 Å². The van der Waals surface area contributed by atoms with E-state index in [1.807, 2.05) is 0 Å². The molecule has 2 nitrogen and oxygen atoms in total. The van der Waals surface area contributed by atoms with Crippen LogP contribution in [0.1, 0.15) is 47.5 Å². The van der Waals surface area contributed by atoms with Crippen molar-refractivity contribution < 1.29 is 9.53 Å². The van der Waals surface area contributed by atoms with Gasteiger partial charge in [-0.05, 0) is 44.8 Å². The van der Waals surface area contributed by atoms with E-state index in [0.717, 1.165) is 12.8 Å². The molecule has 1 N–H and O–H groups in total. The standard InChI is InChI=1S/C12H28O2Si/c1-11(2,3)15(6,7)14-12(4,5)9-8-10-13/h13H,8-10H2,1-7H3. The molecular weight excluding hydrogens is 204 g/mol. The molecule has 0 saturated heterocycles. The van der Waals surface area contributed by atoms with Crippen molar-refractivity contribution >= 4 is 8.32 Å². The Hall–Kier alpha value is 0.137. The summed E-state index contributed by atoms with van der Waals surface area (Å²) >= 11 is 0. The van der Waals surface area contributed by atoms with Crippen molar-refractivity contribution in [3.63, 3.8) is 0 Å². The SMILES string of the molecule is CC(C)(CCCO)O[Si](C)(C)C(C)(C)C. The summed E-state index contributed by atoms with van der Waals surface area (Å²) in [6, 6.07) is 0. The third-order valence-corrected chi connectivity index (χ3v) is 7.95. The summed E-state index contributed by atoms with van der Waals surface area (Å²) in [7, 11) is -1.67. The molecule has 0 atom stereocenters. The van der Waals surface area contributed by atoms with E-state index in [-0.39, 0.29) is 17.2 Å². The van der Waals surface area contributed by atoms with Gasteiger partial charge in [-0.25, -0.2) is 0 Å². The molecule has 0 aliphatic heterocycles. The van der Waals surface area contributed by atoms with Gasteiger partial charge in [-0.3, -0.25) is 0 Å². The van der Waals surface area contributed by atoms with Crippen molar-refractivity contribution in [1.29, 1.82) is 0 Å². The first-order valence-electron chi connectivity index (χ1n) is 5.83.